The molecule has 2 aromatic rings. The van der Waals surface area contributed by atoms with Gasteiger partial charge in [-0.05, 0) is 24.5 Å². The molecule has 2 amide bonds. The van der Waals surface area contributed by atoms with Crippen LogP contribution in [-0.4, -0.2) is 62.1 Å². The summed E-state index contributed by atoms with van der Waals surface area (Å²) in [4.78, 5) is 33.8. The van der Waals surface area contributed by atoms with Crippen LogP contribution in [0.3, 0.4) is 0 Å². The maximum Gasteiger partial charge on any atom is 0.254 e. The lowest BCUT2D eigenvalue weighted by Gasteiger charge is -2.42. The minimum Gasteiger partial charge on any atom is -0.356 e. The van der Waals surface area contributed by atoms with Crippen molar-refractivity contribution >= 4 is 11.8 Å². The molecule has 0 bridgehead atoms. The van der Waals surface area contributed by atoms with Crippen molar-refractivity contribution in [1.29, 1.82) is 0 Å². The van der Waals surface area contributed by atoms with E-state index in [0.29, 0.717) is 13.1 Å². The van der Waals surface area contributed by atoms with Crippen molar-refractivity contribution in [3.8, 4) is 0 Å². The van der Waals surface area contributed by atoms with Crippen molar-refractivity contribution in [2.24, 2.45) is 0 Å². The second kappa shape index (κ2) is 6.45. The largest absolute Gasteiger partial charge is 0.356 e. The molecule has 140 valence electrons. The molecular weight excluding hydrogens is 346 g/mol. The fraction of sp³-hybridized carbons (Fsp3) is 0.474. The molecular formula is C19H21N5O3. The quantitative estimate of drug-likeness (QED) is 0.867. The highest BCUT2D eigenvalue weighted by Crippen LogP contribution is 2.40. The molecule has 2 aliphatic heterocycles. The van der Waals surface area contributed by atoms with E-state index in [1.54, 1.807) is 18.6 Å². The fourth-order valence-electron chi connectivity index (χ4n) is 4.09. The van der Waals surface area contributed by atoms with E-state index in [0.717, 1.165) is 36.1 Å². The molecule has 3 aliphatic rings. The zero-order valence-electron chi connectivity index (χ0n) is 14.9. The zero-order valence-corrected chi connectivity index (χ0v) is 14.9. The molecule has 4 heterocycles. The van der Waals surface area contributed by atoms with Gasteiger partial charge in [0.1, 0.15) is 6.61 Å². The molecule has 2 atom stereocenters. The molecule has 1 saturated heterocycles. The number of ether oxygens (including phenoxy) is 1. The SMILES string of the molecule is O=C(C1OCC(=O)N(C2CC2)C1c1cccnc1)N1CCc2[nH]ncc2C1. The van der Waals surface area contributed by atoms with E-state index in [1.807, 2.05) is 21.9 Å². The van der Waals surface area contributed by atoms with Gasteiger partial charge in [-0.15, -0.1) is 0 Å². The molecule has 0 aromatic carbocycles. The Hall–Kier alpha value is -2.74. The van der Waals surface area contributed by atoms with Crippen molar-refractivity contribution < 1.29 is 14.3 Å². The van der Waals surface area contributed by atoms with Crippen molar-refractivity contribution in [3.05, 3.63) is 47.5 Å². The van der Waals surface area contributed by atoms with E-state index < -0.39 is 12.1 Å². The third kappa shape index (κ3) is 2.90. The van der Waals surface area contributed by atoms with E-state index >= 15 is 0 Å². The number of nitrogens with one attached hydrogen (secondary N) is 1. The Morgan fingerprint density at radius 2 is 2.19 bits per heavy atom. The third-order valence-corrected chi connectivity index (χ3v) is 5.58. The summed E-state index contributed by atoms with van der Waals surface area (Å²) in [5.74, 6) is -0.125. The van der Waals surface area contributed by atoms with Gasteiger partial charge >= 0.3 is 0 Å². The van der Waals surface area contributed by atoms with Gasteiger partial charge < -0.3 is 14.5 Å². The number of aromatic nitrogens is 3. The van der Waals surface area contributed by atoms with Crippen LogP contribution >= 0.6 is 0 Å². The van der Waals surface area contributed by atoms with Crippen LogP contribution in [0.1, 0.15) is 35.7 Å². The van der Waals surface area contributed by atoms with Crippen LogP contribution in [-0.2, 0) is 27.3 Å². The summed E-state index contributed by atoms with van der Waals surface area (Å²) in [7, 11) is 0. The van der Waals surface area contributed by atoms with E-state index in [9.17, 15) is 9.59 Å². The molecule has 8 heteroatoms. The lowest BCUT2D eigenvalue weighted by Crippen LogP contribution is -2.56. The number of hydrogen-bond donors (Lipinski definition) is 1. The van der Waals surface area contributed by atoms with Gasteiger partial charge in [0.05, 0.1) is 12.2 Å². The zero-order chi connectivity index (χ0) is 18.4. The van der Waals surface area contributed by atoms with Gasteiger partial charge in [-0.3, -0.25) is 19.7 Å². The summed E-state index contributed by atoms with van der Waals surface area (Å²) in [6.45, 7) is 1.08. The first kappa shape index (κ1) is 16.4. The summed E-state index contributed by atoms with van der Waals surface area (Å²) in [5.41, 5.74) is 2.97. The summed E-state index contributed by atoms with van der Waals surface area (Å²) < 4.78 is 5.82. The summed E-state index contributed by atoms with van der Waals surface area (Å²) in [6, 6.07) is 3.52. The lowest BCUT2D eigenvalue weighted by atomic mass is 9.97. The number of nitrogens with zero attached hydrogens (tertiary/aromatic N) is 4. The molecule has 0 spiro atoms. The van der Waals surface area contributed by atoms with Crippen LogP contribution in [0.15, 0.2) is 30.7 Å². The average molecular weight is 367 g/mol. The minimum absolute atomic E-state index is 0.0472. The number of aromatic amines is 1. The molecule has 2 aromatic heterocycles. The maximum atomic E-state index is 13.4. The number of pyridine rings is 1. The van der Waals surface area contributed by atoms with Crippen LogP contribution in [0.4, 0.5) is 0 Å². The van der Waals surface area contributed by atoms with Crippen LogP contribution in [0, 0.1) is 0 Å². The highest BCUT2D eigenvalue weighted by molar-refractivity contribution is 5.87. The van der Waals surface area contributed by atoms with E-state index in [4.69, 9.17) is 4.74 Å². The smallest absolute Gasteiger partial charge is 0.254 e. The Labute approximate surface area is 156 Å². The highest BCUT2D eigenvalue weighted by atomic mass is 16.5. The molecule has 1 N–H and O–H groups in total. The Bertz CT molecular complexity index is 863. The number of fused-ring (bicyclic) bond motifs is 1. The monoisotopic (exact) mass is 367 g/mol. The van der Waals surface area contributed by atoms with E-state index in [-0.39, 0.29) is 24.5 Å². The van der Waals surface area contributed by atoms with Crippen LogP contribution < -0.4 is 0 Å². The summed E-state index contributed by atoms with van der Waals surface area (Å²) >= 11 is 0. The second-order valence-corrected chi connectivity index (χ2v) is 7.38. The molecule has 5 rings (SSSR count). The number of H-pyrrole nitrogens is 1. The first-order valence-corrected chi connectivity index (χ1v) is 9.35. The fourth-order valence-corrected chi connectivity index (χ4v) is 4.09. The number of hydrogen-bond acceptors (Lipinski definition) is 5. The standard InChI is InChI=1S/C19H21N5O3/c25-16-11-27-18(19(26)23-7-5-15-13(10-23)9-21-22-15)17(24(16)14-3-4-14)12-2-1-6-20-8-12/h1-2,6,8-9,14,17-18H,3-5,7,10-11H2,(H,21,22). The van der Waals surface area contributed by atoms with E-state index in [2.05, 4.69) is 15.2 Å². The summed E-state index contributed by atoms with van der Waals surface area (Å²) in [5, 5.41) is 7.06. The normalized spacial score (nSPS) is 25.4. The number of carbonyl (C=O) groups is 2. The van der Waals surface area contributed by atoms with Crippen molar-refractivity contribution in [3.63, 3.8) is 0 Å². The molecule has 27 heavy (non-hydrogen) atoms. The van der Waals surface area contributed by atoms with Gasteiger partial charge in [-0.1, -0.05) is 6.07 Å². The van der Waals surface area contributed by atoms with Crippen LogP contribution in [0.2, 0.25) is 0 Å². The molecule has 2 unspecified atom stereocenters. The predicted octanol–water partition coefficient (Wildman–Crippen LogP) is 0.820. The Morgan fingerprint density at radius 1 is 1.30 bits per heavy atom. The summed E-state index contributed by atoms with van der Waals surface area (Å²) in [6.07, 6.45) is 7.19. The number of rotatable bonds is 3. The number of morpholine rings is 1. The van der Waals surface area contributed by atoms with Gasteiger partial charge in [0.15, 0.2) is 6.10 Å². The molecule has 2 fully saturated rings. The number of carbonyl (C=O) groups excluding carboxylic acids is 2. The van der Waals surface area contributed by atoms with E-state index in [1.165, 1.54) is 0 Å². The molecule has 1 aliphatic carbocycles. The first-order valence-electron chi connectivity index (χ1n) is 9.35. The van der Waals surface area contributed by atoms with Gasteiger partial charge in [0.25, 0.3) is 5.91 Å². The first-order chi connectivity index (χ1) is 13.2. The minimum atomic E-state index is -0.707. The Kier molecular flexibility index (Phi) is 3.93. The van der Waals surface area contributed by atoms with Gasteiger partial charge in [-0.2, -0.15) is 5.10 Å². The molecule has 8 nitrogen and oxygen atoms in total. The third-order valence-electron chi connectivity index (χ3n) is 5.58. The van der Waals surface area contributed by atoms with Crippen molar-refractivity contribution in [1.82, 2.24) is 25.0 Å². The maximum absolute atomic E-state index is 13.4. The van der Waals surface area contributed by atoms with Gasteiger partial charge in [0, 0.05) is 49.2 Å². The predicted molar refractivity (Wildman–Crippen MR) is 94.3 cm³/mol. The highest BCUT2D eigenvalue weighted by Gasteiger charge is 2.48. The van der Waals surface area contributed by atoms with Gasteiger partial charge in [0.2, 0.25) is 5.91 Å². The lowest BCUT2D eigenvalue weighted by molar-refractivity contribution is -0.170. The van der Waals surface area contributed by atoms with Gasteiger partial charge in [-0.25, -0.2) is 0 Å². The Morgan fingerprint density at radius 3 is 2.96 bits per heavy atom. The topological polar surface area (TPSA) is 91.4 Å². The molecule has 0 radical (unpaired) electrons. The molecule has 1 saturated carbocycles. The Balaban J connectivity index is 1.46. The van der Waals surface area contributed by atoms with Crippen molar-refractivity contribution in [2.45, 2.75) is 44.0 Å². The second-order valence-electron chi connectivity index (χ2n) is 7.38. The average Bonchev–Trinajstić information content (AvgIpc) is 3.43. The van der Waals surface area contributed by atoms with Crippen LogP contribution in [0.5, 0.6) is 0 Å². The van der Waals surface area contributed by atoms with Crippen LogP contribution in [0.25, 0.3) is 0 Å². The number of amides is 2. The van der Waals surface area contributed by atoms with Crippen molar-refractivity contribution in [2.75, 3.05) is 13.2 Å².